The van der Waals surface area contributed by atoms with Gasteiger partial charge in [-0.2, -0.15) is 0 Å². The Morgan fingerprint density at radius 3 is 2.29 bits per heavy atom. The lowest BCUT2D eigenvalue weighted by molar-refractivity contribution is -0.132. The molecule has 0 saturated carbocycles. The van der Waals surface area contributed by atoms with Gasteiger partial charge in [0.1, 0.15) is 23.0 Å². The van der Waals surface area contributed by atoms with Gasteiger partial charge >= 0.3 is 0 Å². The van der Waals surface area contributed by atoms with Crippen molar-refractivity contribution in [3.8, 4) is 17.2 Å². The minimum absolute atomic E-state index is 0.00119. The highest BCUT2D eigenvalue weighted by molar-refractivity contribution is 6.52. The first-order valence-corrected chi connectivity index (χ1v) is 10.8. The molecule has 9 heteroatoms. The molecule has 0 aromatic heterocycles. The number of rotatable bonds is 5. The second-order valence-corrected chi connectivity index (χ2v) is 8.24. The van der Waals surface area contributed by atoms with Gasteiger partial charge in [-0.25, -0.2) is 0 Å². The van der Waals surface area contributed by atoms with Crippen LogP contribution in [0.1, 0.15) is 17.2 Å². The van der Waals surface area contributed by atoms with Gasteiger partial charge < -0.3 is 19.7 Å². The number of aliphatic hydroxyl groups excluding tert-OH is 1. The third-order valence-electron chi connectivity index (χ3n) is 5.47. The van der Waals surface area contributed by atoms with E-state index in [2.05, 4.69) is 0 Å². The van der Waals surface area contributed by atoms with E-state index in [9.17, 15) is 19.8 Å². The highest BCUT2D eigenvalue weighted by atomic mass is 35.5. The number of hydrogen-bond acceptors (Lipinski definition) is 6. The molecule has 1 atom stereocenters. The van der Waals surface area contributed by atoms with E-state index in [1.807, 2.05) is 0 Å². The monoisotopic (exact) mass is 499 g/mol. The minimum atomic E-state index is -1.04. The fourth-order valence-electron chi connectivity index (χ4n) is 3.97. The van der Waals surface area contributed by atoms with Crippen molar-refractivity contribution in [3.05, 3.63) is 87.4 Å². The first kappa shape index (κ1) is 23.5. The van der Waals surface area contributed by atoms with E-state index in [-0.39, 0.29) is 32.7 Å². The molecule has 1 aliphatic rings. The molecule has 174 valence electrons. The maximum atomic E-state index is 13.3. The number of amides is 1. The number of aliphatic hydroxyl groups is 1. The van der Waals surface area contributed by atoms with Crippen LogP contribution in [0.2, 0.25) is 10.0 Å². The second-order valence-electron chi connectivity index (χ2n) is 7.40. The number of phenolic OH excluding ortho intramolecular Hbond substituents is 1. The van der Waals surface area contributed by atoms with E-state index >= 15 is 0 Å². The van der Waals surface area contributed by atoms with Gasteiger partial charge in [0.25, 0.3) is 11.7 Å². The average Bonchev–Trinajstić information content (AvgIpc) is 3.09. The zero-order chi connectivity index (χ0) is 24.6. The smallest absolute Gasteiger partial charge is 0.300 e. The molecule has 2 N–H and O–H groups in total. The zero-order valence-corrected chi connectivity index (χ0v) is 19.6. The van der Waals surface area contributed by atoms with Crippen molar-refractivity contribution in [1.82, 2.24) is 0 Å². The topological polar surface area (TPSA) is 96.3 Å². The van der Waals surface area contributed by atoms with Crippen molar-refractivity contribution < 1.29 is 29.3 Å². The molecule has 4 rings (SSSR count). The van der Waals surface area contributed by atoms with E-state index in [1.54, 1.807) is 36.4 Å². The van der Waals surface area contributed by atoms with Crippen molar-refractivity contribution >= 4 is 46.3 Å². The van der Waals surface area contributed by atoms with Gasteiger partial charge in [0.05, 0.1) is 42.1 Å². The zero-order valence-electron chi connectivity index (χ0n) is 18.1. The fraction of sp³-hybridized carbons (Fsp3) is 0.120. The molecule has 1 unspecified atom stereocenters. The summed E-state index contributed by atoms with van der Waals surface area (Å²) in [5, 5.41) is 21.4. The van der Waals surface area contributed by atoms with Gasteiger partial charge in [0, 0.05) is 5.02 Å². The van der Waals surface area contributed by atoms with Crippen molar-refractivity contribution in [3.63, 3.8) is 0 Å². The largest absolute Gasteiger partial charge is 0.508 e. The molecule has 1 heterocycles. The molecule has 7 nitrogen and oxygen atoms in total. The normalized spacial score (nSPS) is 17.2. The number of methoxy groups -OCH3 is 2. The SMILES string of the molecule is COc1ccccc1N1C(=O)C(=O)/C(=C(/O)c2cc(Cl)cc(Cl)c2OC)C1c1ccc(O)cc1. The maximum Gasteiger partial charge on any atom is 0.300 e. The number of anilines is 1. The number of ketones is 1. The Hall–Kier alpha value is -3.68. The Morgan fingerprint density at radius 1 is 0.971 bits per heavy atom. The molecular formula is C25H19Cl2NO6. The van der Waals surface area contributed by atoms with E-state index in [0.717, 1.165) is 0 Å². The number of para-hydroxylation sites is 2. The number of benzene rings is 3. The van der Waals surface area contributed by atoms with Crippen LogP contribution in [-0.4, -0.2) is 36.1 Å². The van der Waals surface area contributed by atoms with Gasteiger partial charge in [-0.15, -0.1) is 0 Å². The van der Waals surface area contributed by atoms with E-state index < -0.39 is 23.5 Å². The van der Waals surface area contributed by atoms with Crippen molar-refractivity contribution in [2.24, 2.45) is 0 Å². The van der Waals surface area contributed by atoms with Crippen LogP contribution < -0.4 is 14.4 Å². The summed E-state index contributed by atoms with van der Waals surface area (Å²) in [5.41, 5.74) is 0.664. The number of nitrogens with zero attached hydrogens (tertiary/aromatic N) is 1. The molecule has 0 spiro atoms. The number of aromatic hydroxyl groups is 1. The number of Topliss-reactive ketones (excluding diaryl/α,β-unsaturated/α-hetero) is 1. The van der Waals surface area contributed by atoms with Crippen molar-refractivity contribution in [2.45, 2.75) is 6.04 Å². The number of phenols is 1. The van der Waals surface area contributed by atoms with Gasteiger partial charge in [-0.1, -0.05) is 47.5 Å². The van der Waals surface area contributed by atoms with Crippen LogP contribution in [0, 0.1) is 0 Å². The molecule has 3 aromatic carbocycles. The molecular weight excluding hydrogens is 481 g/mol. The van der Waals surface area contributed by atoms with Crippen LogP contribution in [0.4, 0.5) is 5.69 Å². The lowest BCUT2D eigenvalue weighted by atomic mass is 9.94. The number of ether oxygens (including phenoxy) is 2. The Morgan fingerprint density at radius 2 is 1.65 bits per heavy atom. The summed E-state index contributed by atoms with van der Waals surface area (Å²) < 4.78 is 10.7. The van der Waals surface area contributed by atoms with Crippen LogP contribution >= 0.6 is 23.2 Å². The van der Waals surface area contributed by atoms with Crippen molar-refractivity contribution in [2.75, 3.05) is 19.1 Å². The standard InChI is InChI=1S/C25H19Cl2NO6/c1-33-19-6-4-3-5-18(19)28-21(13-7-9-15(29)10-8-13)20(23(31)25(28)32)22(30)16-11-14(26)12-17(27)24(16)34-2/h3-12,21,29-30H,1-2H3/b22-20+. The summed E-state index contributed by atoms with van der Waals surface area (Å²) in [7, 11) is 2.81. The highest BCUT2D eigenvalue weighted by Crippen LogP contribution is 2.46. The molecule has 1 fully saturated rings. The Kier molecular flexibility index (Phi) is 6.41. The third-order valence-corrected chi connectivity index (χ3v) is 5.96. The molecule has 0 aliphatic carbocycles. The van der Waals surface area contributed by atoms with Crippen LogP contribution in [0.3, 0.4) is 0 Å². The summed E-state index contributed by atoms with van der Waals surface area (Å²) in [6.07, 6.45) is 0. The predicted octanol–water partition coefficient (Wildman–Crippen LogP) is 5.34. The molecule has 1 saturated heterocycles. The number of carbonyl (C=O) groups excluding carboxylic acids is 2. The summed E-state index contributed by atoms with van der Waals surface area (Å²) in [5.74, 6) is -1.83. The fourth-order valence-corrected chi connectivity index (χ4v) is 4.54. The van der Waals surface area contributed by atoms with Gasteiger partial charge in [0.2, 0.25) is 0 Å². The third kappa shape index (κ3) is 3.93. The second kappa shape index (κ2) is 9.29. The molecule has 3 aromatic rings. The average molecular weight is 500 g/mol. The number of hydrogen-bond donors (Lipinski definition) is 2. The lowest BCUT2D eigenvalue weighted by Gasteiger charge is -2.27. The summed E-state index contributed by atoms with van der Waals surface area (Å²) in [6.45, 7) is 0. The van der Waals surface area contributed by atoms with Gasteiger partial charge in [0.15, 0.2) is 0 Å². The first-order valence-electron chi connectivity index (χ1n) is 10.0. The molecule has 0 radical (unpaired) electrons. The summed E-state index contributed by atoms with van der Waals surface area (Å²) >= 11 is 12.4. The summed E-state index contributed by atoms with van der Waals surface area (Å²) in [4.78, 5) is 27.9. The first-order chi connectivity index (χ1) is 16.3. The van der Waals surface area contributed by atoms with Crippen LogP contribution in [0.15, 0.2) is 66.2 Å². The molecule has 0 bridgehead atoms. The predicted molar refractivity (Wildman–Crippen MR) is 129 cm³/mol. The molecule has 1 aliphatic heterocycles. The number of carbonyl (C=O) groups is 2. The van der Waals surface area contributed by atoms with Crippen LogP contribution in [-0.2, 0) is 9.59 Å². The summed E-state index contributed by atoms with van der Waals surface area (Å²) in [6, 6.07) is 14.5. The van der Waals surface area contributed by atoms with E-state index in [1.165, 1.54) is 43.4 Å². The van der Waals surface area contributed by atoms with E-state index in [0.29, 0.717) is 17.0 Å². The van der Waals surface area contributed by atoms with Gasteiger partial charge in [-0.3, -0.25) is 14.5 Å². The molecule has 1 amide bonds. The lowest BCUT2D eigenvalue weighted by Crippen LogP contribution is -2.29. The van der Waals surface area contributed by atoms with Crippen molar-refractivity contribution in [1.29, 1.82) is 0 Å². The highest BCUT2D eigenvalue weighted by Gasteiger charge is 2.48. The Labute approximate surface area is 205 Å². The quantitative estimate of drug-likeness (QED) is 0.279. The molecule has 34 heavy (non-hydrogen) atoms. The Balaban J connectivity index is 2.03. The number of halogens is 2. The van der Waals surface area contributed by atoms with Crippen LogP contribution in [0.5, 0.6) is 17.2 Å². The Bertz CT molecular complexity index is 1320. The minimum Gasteiger partial charge on any atom is -0.508 e. The maximum absolute atomic E-state index is 13.3. The van der Waals surface area contributed by atoms with E-state index in [4.69, 9.17) is 32.7 Å². The van der Waals surface area contributed by atoms with Crippen LogP contribution in [0.25, 0.3) is 5.76 Å². The van der Waals surface area contributed by atoms with Gasteiger partial charge in [-0.05, 0) is 42.0 Å².